The molecule has 2 N–H and O–H groups in total. The molecule has 0 aromatic rings. The molecule has 7 heteroatoms. The Morgan fingerprint density at radius 3 is 2.33 bits per heavy atom. The fourth-order valence-electron chi connectivity index (χ4n) is 3.72. The number of rotatable bonds is 5. The number of likely N-dealkylation sites (tertiary alicyclic amines) is 1. The van der Waals surface area contributed by atoms with Crippen LogP contribution in [0.5, 0.6) is 0 Å². The second kappa shape index (κ2) is 9.49. The van der Waals surface area contributed by atoms with Gasteiger partial charge in [0, 0.05) is 19.6 Å². The minimum Gasteiger partial charge on any atom is -0.356 e. The van der Waals surface area contributed by atoms with E-state index in [1.165, 1.54) is 37.0 Å². The molecule has 2 fully saturated rings. The topological polar surface area (TPSA) is 39.7 Å². The molecule has 1 aliphatic carbocycles. The third kappa shape index (κ3) is 7.28. The number of hydrogen-bond acceptors (Lipinski definition) is 2. The third-order valence-electron chi connectivity index (χ3n) is 5.12. The molecule has 0 atom stereocenters. The fourth-order valence-corrected chi connectivity index (χ4v) is 3.72. The Morgan fingerprint density at radius 1 is 1.08 bits per heavy atom. The number of piperidine rings is 1. The summed E-state index contributed by atoms with van der Waals surface area (Å²) in [5.41, 5.74) is 0. The molecule has 0 unspecified atom stereocenters. The van der Waals surface area contributed by atoms with Gasteiger partial charge in [-0.1, -0.05) is 19.3 Å². The quantitative estimate of drug-likeness (QED) is 0.592. The first-order chi connectivity index (χ1) is 11.5. The highest BCUT2D eigenvalue weighted by molar-refractivity contribution is 5.79. The summed E-state index contributed by atoms with van der Waals surface area (Å²) in [5.74, 6) is 1.37. The van der Waals surface area contributed by atoms with Crippen molar-refractivity contribution in [3.63, 3.8) is 0 Å². The minimum atomic E-state index is -4.08. The van der Waals surface area contributed by atoms with Crippen LogP contribution in [0.1, 0.15) is 51.4 Å². The zero-order chi connectivity index (χ0) is 17.4. The lowest BCUT2D eigenvalue weighted by atomic mass is 9.93. The molecule has 0 aromatic carbocycles. The summed E-state index contributed by atoms with van der Waals surface area (Å²) in [4.78, 5) is 5.80. The average molecular weight is 348 g/mol. The number of nitrogens with one attached hydrogen (secondary N) is 2. The van der Waals surface area contributed by atoms with Crippen LogP contribution in [0.3, 0.4) is 0 Å². The van der Waals surface area contributed by atoms with Crippen molar-refractivity contribution in [1.82, 2.24) is 15.5 Å². The summed E-state index contributed by atoms with van der Waals surface area (Å²) >= 11 is 0. The first-order valence-corrected chi connectivity index (χ1v) is 9.22. The van der Waals surface area contributed by atoms with Crippen LogP contribution in [-0.2, 0) is 0 Å². The Labute approximate surface area is 143 Å². The lowest BCUT2D eigenvalue weighted by Gasteiger charge is -2.32. The van der Waals surface area contributed by atoms with Gasteiger partial charge in [0.25, 0.3) is 0 Å². The van der Waals surface area contributed by atoms with E-state index >= 15 is 0 Å². The first kappa shape index (κ1) is 19.3. The molecular weight excluding hydrogens is 317 g/mol. The largest absolute Gasteiger partial charge is 0.401 e. The summed E-state index contributed by atoms with van der Waals surface area (Å²) in [6.45, 7) is 1.17. The minimum absolute atomic E-state index is 0.509. The predicted molar refractivity (Wildman–Crippen MR) is 91.2 cm³/mol. The maximum absolute atomic E-state index is 12.4. The fraction of sp³-hybridized carbons (Fsp3) is 0.941. The van der Waals surface area contributed by atoms with E-state index in [1.54, 1.807) is 7.05 Å². The van der Waals surface area contributed by atoms with E-state index in [4.69, 9.17) is 0 Å². The van der Waals surface area contributed by atoms with Crippen LogP contribution < -0.4 is 10.6 Å². The van der Waals surface area contributed by atoms with Crippen LogP contribution in [0.2, 0.25) is 0 Å². The van der Waals surface area contributed by atoms with E-state index in [-0.39, 0.29) is 0 Å². The van der Waals surface area contributed by atoms with Crippen molar-refractivity contribution in [3.8, 4) is 0 Å². The SMILES string of the molecule is CN=C(NCCC1CCN(CC(F)(F)F)CC1)NC1CCCCC1. The maximum atomic E-state index is 12.4. The molecule has 0 bridgehead atoms. The zero-order valence-electron chi connectivity index (χ0n) is 14.7. The standard InChI is InChI=1S/C17H31F3N4/c1-21-16(23-15-5-3-2-4-6-15)22-10-7-14-8-11-24(12-9-14)13-17(18,19)20/h14-15H,2-13H2,1H3,(H2,21,22,23). The van der Waals surface area contributed by atoms with Gasteiger partial charge in [-0.2, -0.15) is 13.2 Å². The number of aliphatic imine (C=N–C) groups is 1. The smallest absolute Gasteiger partial charge is 0.356 e. The van der Waals surface area contributed by atoms with Gasteiger partial charge in [0.05, 0.1) is 6.54 Å². The van der Waals surface area contributed by atoms with Gasteiger partial charge in [0.2, 0.25) is 0 Å². The Hall–Kier alpha value is -0.980. The van der Waals surface area contributed by atoms with Crippen molar-refractivity contribution < 1.29 is 13.2 Å². The van der Waals surface area contributed by atoms with Crippen LogP contribution in [0.25, 0.3) is 0 Å². The molecule has 2 rings (SSSR count). The number of alkyl halides is 3. The van der Waals surface area contributed by atoms with Gasteiger partial charge in [0.15, 0.2) is 5.96 Å². The van der Waals surface area contributed by atoms with Gasteiger partial charge in [-0.3, -0.25) is 9.89 Å². The van der Waals surface area contributed by atoms with Gasteiger partial charge in [-0.15, -0.1) is 0 Å². The normalized spacial score (nSPS) is 22.6. The Kier molecular flexibility index (Phi) is 7.65. The van der Waals surface area contributed by atoms with Crippen LogP contribution in [0, 0.1) is 5.92 Å². The van der Waals surface area contributed by atoms with E-state index in [0.717, 1.165) is 31.8 Å². The van der Waals surface area contributed by atoms with Crippen molar-refractivity contribution in [1.29, 1.82) is 0 Å². The van der Waals surface area contributed by atoms with E-state index in [9.17, 15) is 13.2 Å². The second-order valence-electron chi connectivity index (χ2n) is 7.10. The van der Waals surface area contributed by atoms with Crippen molar-refractivity contribution in [2.75, 3.05) is 33.2 Å². The summed E-state index contributed by atoms with van der Waals surface area (Å²) in [5, 5.41) is 6.84. The number of hydrogen-bond donors (Lipinski definition) is 2. The number of nitrogens with zero attached hydrogens (tertiary/aromatic N) is 2. The number of halogens is 3. The van der Waals surface area contributed by atoms with Crippen LogP contribution in [0.4, 0.5) is 13.2 Å². The Balaban J connectivity index is 1.60. The average Bonchev–Trinajstić information content (AvgIpc) is 2.55. The molecule has 140 valence electrons. The highest BCUT2D eigenvalue weighted by atomic mass is 19.4. The zero-order valence-corrected chi connectivity index (χ0v) is 14.7. The van der Waals surface area contributed by atoms with Gasteiger partial charge in [-0.05, 0) is 51.1 Å². The van der Waals surface area contributed by atoms with Gasteiger partial charge in [-0.25, -0.2) is 0 Å². The first-order valence-electron chi connectivity index (χ1n) is 9.22. The maximum Gasteiger partial charge on any atom is 0.401 e. The summed E-state index contributed by atoms with van der Waals surface area (Å²) in [6, 6.07) is 0.524. The molecule has 0 aromatic heterocycles. The Bertz CT molecular complexity index is 384. The molecule has 1 saturated carbocycles. The lowest BCUT2D eigenvalue weighted by molar-refractivity contribution is -0.148. The van der Waals surface area contributed by atoms with Crippen molar-refractivity contribution in [3.05, 3.63) is 0 Å². The van der Waals surface area contributed by atoms with Crippen LogP contribution in [0.15, 0.2) is 4.99 Å². The highest BCUT2D eigenvalue weighted by Gasteiger charge is 2.32. The molecule has 2 aliphatic rings. The van der Waals surface area contributed by atoms with Gasteiger partial charge in [0.1, 0.15) is 0 Å². The molecule has 0 amide bonds. The molecule has 0 radical (unpaired) electrons. The van der Waals surface area contributed by atoms with E-state index < -0.39 is 12.7 Å². The molecule has 1 aliphatic heterocycles. The van der Waals surface area contributed by atoms with Gasteiger partial charge >= 0.3 is 6.18 Å². The molecule has 1 heterocycles. The third-order valence-corrected chi connectivity index (χ3v) is 5.12. The van der Waals surface area contributed by atoms with Gasteiger partial charge < -0.3 is 10.6 Å². The van der Waals surface area contributed by atoms with E-state index in [1.807, 2.05) is 0 Å². The highest BCUT2D eigenvalue weighted by Crippen LogP contribution is 2.24. The molecule has 1 saturated heterocycles. The summed E-state index contributed by atoms with van der Waals surface area (Å²) < 4.78 is 37.2. The Morgan fingerprint density at radius 2 is 1.75 bits per heavy atom. The molecule has 4 nitrogen and oxygen atoms in total. The van der Waals surface area contributed by atoms with Crippen molar-refractivity contribution in [2.45, 2.75) is 63.6 Å². The van der Waals surface area contributed by atoms with E-state index in [2.05, 4.69) is 15.6 Å². The molecule has 0 spiro atoms. The van der Waals surface area contributed by atoms with Crippen molar-refractivity contribution in [2.24, 2.45) is 10.9 Å². The molecule has 24 heavy (non-hydrogen) atoms. The van der Waals surface area contributed by atoms with Crippen molar-refractivity contribution >= 4 is 5.96 Å². The summed E-state index contributed by atoms with van der Waals surface area (Å²) in [6.07, 6.45) is 4.93. The molecular formula is C17H31F3N4. The number of guanidine groups is 1. The monoisotopic (exact) mass is 348 g/mol. The van der Waals surface area contributed by atoms with E-state index in [0.29, 0.717) is 25.0 Å². The predicted octanol–water partition coefficient (Wildman–Crippen LogP) is 3.15. The van der Waals surface area contributed by atoms with Crippen LogP contribution in [-0.4, -0.2) is 56.3 Å². The van der Waals surface area contributed by atoms with Crippen LogP contribution >= 0.6 is 0 Å². The second-order valence-corrected chi connectivity index (χ2v) is 7.10. The summed E-state index contributed by atoms with van der Waals surface area (Å²) in [7, 11) is 1.79. The lowest BCUT2D eigenvalue weighted by Crippen LogP contribution is -2.45.